The Morgan fingerprint density at radius 2 is 1.86 bits per heavy atom. The molecule has 0 bridgehead atoms. The molecule has 0 saturated carbocycles. The van der Waals surface area contributed by atoms with Gasteiger partial charge in [-0.1, -0.05) is 35.9 Å². The molecule has 0 saturated heterocycles. The summed E-state index contributed by atoms with van der Waals surface area (Å²) in [6.07, 6.45) is 0. The third-order valence-corrected chi connectivity index (χ3v) is 5.48. The second kappa shape index (κ2) is 7.54. The largest absolute Gasteiger partial charge is 0.329 e. The van der Waals surface area contributed by atoms with Crippen LogP contribution in [0.4, 0.5) is 0 Å². The van der Waals surface area contributed by atoms with Crippen molar-refractivity contribution in [3.8, 4) is 0 Å². The van der Waals surface area contributed by atoms with Crippen LogP contribution in [-0.2, 0) is 6.54 Å². The molecule has 1 unspecified atom stereocenters. The average molecular weight is 412 g/mol. The van der Waals surface area contributed by atoms with E-state index in [-0.39, 0.29) is 6.04 Å². The van der Waals surface area contributed by atoms with Gasteiger partial charge in [0.1, 0.15) is 0 Å². The summed E-state index contributed by atoms with van der Waals surface area (Å²) in [4.78, 5) is 2.30. The van der Waals surface area contributed by atoms with Crippen molar-refractivity contribution in [1.29, 1.82) is 0 Å². The van der Waals surface area contributed by atoms with E-state index >= 15 is 0 Å². The van der Waals surface area contributed by atoms with Crippen LogP contribution in [-0.4, -0.2) is 18.5 Å². The van der Waals surface area contributed by atoms with Crippen LogP contribution in [0.1, 0.15) is 22.7 Å². The normalized spacial score (nSPS) is 12.7. The highest BCUT2D eigenvalue weighted by molar-refractivity contribution is 9.13. The molecule has 0 aliphatic rings. The number of nitrogens with zero attached hydrogens (tertiary/aromatic N) is 1. The molecular formula is C17H20Br2N2. The number of hydrogen-bond donors (Lipinski definition) is 1. The fraction of sp³-hybridized carbons (Fsp3) is 0.294. The summed E-state index contributed by atoms with van der Waals surface area (Å²) < 4.78 is 2.12. The lowest BCUT2D eigenvalue weighted by atomic mass is 10.0. The standard InChI is InChI=1S/C17H20Br2N2/c1-12-4-3-5-13(8-12)11-21(2)17(10-20)14-6-7-15(18)16(19)9-14/h3-9,17H,10-11,20H2,1-2H3. The van der Waals surface area contributed by atoms with E-state index in [0.717, 1.165) is 15.5 Å². The van der Waals surface area contributed by atoms with Crippen LogP contribution in [0.2, 0.25) is 0 Å². The molecule has 2 aromatic carbocycles. The number of rotatable bonds is 5. The van der Waals surface area contributed by atoms with Gasteiger partial charge in [0, 0.05) is 28.1 Å². The topological polar surface area (TPSA) is 29.3 Å². The monoisotopic (exact) mass is 410 g/mol. The maximum atomic E-state index is 6.01. The lowest BCUT2D eigenvalue weighted by molar-refractivity contribution is 0.241. The van der Waals surface area contributed by atoms with E-state index in [9.17, 15) is 0 Å². The molecule has 2 rings (SSSR count). The minimum atomic E-state index is 0.204. The van der Waals surface area contributed by atoms with Gasteiger partial charge < -0.3 is 5.73 Å². The summed E-state index contributed by atoms with van der Waals surface area (Å²) in [5.74, 6) is 0. The zero-order valence-electron chi connectivity index (χ0n) is 12.3. The Morgan fingerprint density at radius 3 is 2.48 bits per heavy atom. The van der Waals surface area contributed by atoms with Gasteiger partial charge in [-0.3, -0.25) is 4.90 Å². The number of benzene rings is 2. The van der Waals surface area contributed by atoms with Gasteiger partial charge in [0.15, 0.2) is 0 Å². The first-order chi connectivity index (χ1) is 10.0. The molecule has 0 aliphatic heterocycles. The Bertz CT molecular complexity index is 613. The summed E-state index contributed by atoms with van der Waals surface area (Å²) in [7, 11) is 2.12. The van der Waals surface area contributed by atoms with Crippen molar-refractivity contribution < 1.29 is 0 Å². The summed E-state index contributed by atoms with van der Waals surface area (Å²) in [6.45, 7) is 3.60. The van der Waals surface area contributed by atoms with Crippen molar-refractivity contribution in [1.82, 2.24) is 4.90 Å². The van der Waals surface area contributed by atoms with Crippen LogP contribution in [0.5, 0.6) is 0 Å². The molecule has 0 fully saturated rings. The molecule has 0 aliphatic carbocycles. The molecule has 1 atom stereocenters. The molecule has 0 radical (unpaired) electrons. The fourth-order valence-corrected chi connectivity index (χ4v) is 3.14. The molecule has 21 heavy (non-hydrogen) atoms. The van der Waals surface area contributed by atoms with Crippen molar-refractivity contribution in [2.24, 2.45) is 5.73 Å². The second-order valence-corrected chi connectivity index (χ2v) is 7.04. The fourth-order valence-electron chi connectivity index (χ4n) is 2.50. The smallest absolute Gasteiger partial charge is 0.0471 e. The molecule has 2 nitrogen and oxygen atoms in total. The first kappa shape index (κ1) is 16.7. The molecule has 0 amide bonds. The Balaban J connectivity index is 2.18. The van der Waals surface area contributed by atoms with Gasteiger partial charge in [-0.2, -0.15) is 0 Å². The third-order valence-electron chi connectivity index (χ3n) is 3.60. The van der Waals surface area contributed by atoms with Crippen LogP contribution in [0.25, 0.3) is 0 Å². The first-order valence-corrected chi connectivity index (χ1v) is 8.50. The average Bonchev–Trinajstić information content (AvgIpc) is 2.43. The number of likely N-dealkylation sites (N-methyl/N-ethyl adjacent to an activating group) is 1. The SMILES string of the molecule is Cc1cccc(CN(C)C(CN)c2ccc(Br)c(Br)c2)c1. The van der Waals surface area contributed by atoms with Gasteiger partial charge in [0.05, 0.1) is 0 Å². The van der Waals surface area contributed by atoms with Crippen LogP contribution in [0.3, 0.4) is 0 Å². The van der Waals surface area contributed by atoms with Crippen molar-refractivity contribution >= 4 is 31.9 Å². The Morgan fingerprint density at radius 1 is 1.10 bits per heavy atom. The first-order valence-electron chi connectivity index (χ1n) is 6.92. The van der Waals surface area contributed by atoms with Crippen molar-refractivity contribution in [2.45, 2.75) is 19.5 Å². The highest BCUT2D eigenvalue weighted by Crippen LogP contribution is 2.28. The van der Waals surface area contributed by atoms with E-state index < -0.39 is 0 Å². The van der Waals surface area contributed by atoms with E-state index in [1.54, 1.807) is 0 Å². The van der Waals surface area contributed by atoms with E-state index in [4.69, 9.17) is 5.73 Å². The maximum absolute atomic E-state index is 6.01. The zero-order chi connectivity index (χ0) is 15.4. The third kappa shape index (κ3) is 4.39. The van der Waals surface area contributed by atoms with Gasteiger partial charge in [-0.05, 0) is 69.1 Å². The number of hydrogen-bond acceptors (Lipinski definition) is 2. The molecule has 4 heteroatoms. The minimum Gasteiger partial charge on any atom is -0.329 e. The van der Waals surface area contributed by atoms with Gasteiger partial charge >= 0.3 is 0 Å². The second-order valence-electron chi connectivity index (χ2n) is 5.33. The molecule has 2 N–H and O–H groups in total. The summed E-state index contributed by atoms with van der Waals surface area (Å²) in [6, 6.07) is 15.1. The summed E-state index contributed by atoms with van der Waals surface area (Å²) in [5, 5.41) is 0. The van der Waals surface area contributed by atoms with Crippen molar-refractivity contribution in [3.63, 3.8) is 0 Å². The predicted octanol–water partition coefficient (Wildman–Crippen LogP) is 4.65. The molecule has 0 spiro atoms. The van der Waals surface area contributed by atoms with Crippen molar-refractivity contribution in [2.75, 3.05) is 13.6 Å². The highest BCUT2D eigenvalue weighted by Gasteiger charge is 2.16. The quantitative estimate of drug-likeness (QED) is 0.775. The number of aryl methyl sites for hydroxylation is 1. The van der Waals surface area contributed by atoms with E-state index in [0.29, 0.717) is 6.54 Å². The summed E-state index contributed by atoms with van der Waals surface area (Å²) >= 11 is 7.07. The molecule has 2 aromatic rings. The van der Waals surface area contributed by atoms with Gasteiger partial charge in [-0.15, -0.1) is 0 Å². The van der Waals surface area contributed by atoms with Crippen LogP contribution >= 0.6 is 31.9 Å². The Kier molecular flexibility index (Phi) is 5.99. The van der Waals surface area contributed by atoms with Crippen LogP contribution in [0, 0.1) is 6.92 Å². The van der Waals surface area contributed by atoms with Crippen molar-refractivity contribution in [3.05, 3.63) is 68.1 Å². The van der Waals surface area contributed by atoms with E-state index in [2.05, 4.69) is 93.2 Å². The number of halogens is 2. The predicted molar refractivity (Wildman–Crippen MR) is 96.3 cm³/mol. The lowest BCUT2D eigenvalue weighted by Crippen LogP contribution is -2.30. The Hall–Kier alpha value is -0.680. The molecular weight excluding hydrogens is 392 g/mol. The van der Waals surface area contributed by atoms with E-state index in [1.165, 1.54) is 16.7 Å². The maximum Gasteiger partial charge on any atom is 0.0471 e. The molecule has 112 valence electrons. The zero-order valence-corrected chi connectivity index (χ0v) is 15.5. The molecule has 0 aromatic heterocycles. The van der Waals surface area contributed by atoms with Gasteiger partial charge in [0.2, 0.25) is 0 Å². The minimum absolute atomic E-state index is 0.204. The van der Waals surface area contributed by atoms with E-state index in [1.807, 2.05) is 0 Å². The summed E-state index contributed by atoms with van der Waals surface area (Å²) in [5.41, 5.74) is 9.83. The van der Waals surface area contributed by atoms with Crippen LogP contribution in [0.15, 0.2) is 51.4 Å². The number of nitrogens with two attached hydrogens (primary N) is 1. The lowest BCUT2D eigenvalue weighted by Gasteiger charge is -2.28. The van der Waals surface area contributed by atoms with Crippen LogP contribution < -0.4 is 5.73 Å². The Labute approximate surface area is 143 Å². The van der Waals surface area contributed by atoms with Gasteiger partial charge in [0.25, 0.3) is 0 Å². The molecule has 0 heterocycles. The highest BCUT2D eigenvalue weighted by atomic mass is 79.9. The van der Waals surface area contributed by atoms with Gasteiger partial charge in [-0.25, -0.2) is 0 Å².